The van der Waals surface area contributed by atoms with Gasteiger partial charge in [-0.25, -0.2) is 0 Å². The molecule has 0 aliphatic rings. The van der Waals surface area contributed by atoms with Gasteiger partial charge in [0.25, 0.3) is 0 Å². The van der Waals surface area contributed by atoms with Crippen LogP contribution in [-0.2, 0) is 4.79 Å². The van der Waals surface area contributed by atoms with Crippen LogP contribution in [-0.4, -0.2) is 73.8 Å². The Morgan fingerprint density at radius 3 is 2.12 bits per heavy atom. The Bertz CT molecular complexity index is 183. The fraction of sp³-hybridized carbons (Fsp3) is 0.900. The number of quaternary nitrogens is 1. The van der Waals surface area contributed by atoms with Crippen LogP contribution in [0.3, 0.4) is 0 Å². The molecule has 0 aliphatic heterocycles. The summed E-state index contributed by atoms with van der Waals surface area (Å²) in [5, 5.41) is 16.7. The lowest BCUT2D eigenvalue weighted by atomic mass is 10.2. The predicted octanol–water partition coefficient (Wildman–Crippen LogP) is -0.218. The average molecular weight is 253 g/mol. The van der Waals surface area contributed by atoms with Crippen LogP contribution in [0.1, 0.15) is 6.42 Å². The molecule has 0 aromatic heterocycles. The van der Waals surface area contributed by atoms with Crippen LogP contribution >= 0.6 is 8.58 Å². The van der Waals surface area contributed by atoms with Crippen molar-refractivity contribution in [2.24, 2.45) is 5.73 Å². The zero-order chi connectivity index (χ0) is 13.2. The molecule has 0 bridgehead atoms. The molecule has 0 rings (SSSR count). The normalized spacial score (nSPS) is 13.4. The van der Waals surface area contributed by atoms with Crippen molar-refractivity contribution in [2.45, 2.75) is 12.5 Å². The van der Waals surface area contributed by atoms with Gasteiger partial charge in [0, 0.05) is 0 Å². The van der Waals surface area contributed by atoms with Crippen LogP contribution in [0.4, 0.5) is 0 Å². The van der Waals surface area contributed by atoms with E-state index in [1.165, 1.54) is 0 Å². The first-order valence-corrected chi connectivity index (χ1v) is 6.99. The second kappa shape index (κ2) is 9.97. The molecule has 0 heterocycles. The highest BCUT2D eigenvalue weighted by atomic mass is 31.1. The SMILES string of the molecule is CPCCC(N)C(=O)O.C[N+](C)(C)CCO. The third kappa shape index (κ3) is 16.2. The summed E-state index contributed by atoms with van der Waals surface area (Å²) in [5.74, 6) is -0.895. The Balaban J connectivity index is 0. The minimum Gasteiger partial charge on any atom is -0.480 e. The van der Waals surface area contributed by atoms with Gasteiger partial charge < -0.3 is 20.4 Å². The van der Waals surface area contributed by atoms with Crippen molar-refractivity contribution in [3.63, 3.8) is 0 Å². The van der Waals surface area contributed by atoms with E-state index in [2.05, 4.69) is 21.1 Å². The van der Waals surface area contributed by atoms with E-state index in [4.69, 9.17) is 15.9 Å². The minimum atomic E-state index is -0.895. The summed E-state index contributed by atoms with van der Waals surface area (Å²) >= 11 is 0. The van der Waals surface area contributed by atoms with E-state index in [1.54, 1.807) is 0 Å². The highest BCUT2D eigenvalue weighted by Gasteiger charge is 2.08. The molecule has 0 aromatic rings. The fourth-order valence-corrected chi connectivity index (χ4v) is 1.32. The number of carboxylic acids is 1. The third-order valence-electron chi connectivity index (χ3n) is 1.79. The molecule has 6 heteroatoms. The standard InChI is InChI=1S/C5H12NO2P.C5H14NO/c1-9-3-2-4(6)5(7)8;1-6(2,3)4-5-7/h4,9H,2-3,6H2,1H3,(H,7,8);7H,4-5H2,1-3H3/q;+1. The maximum atomic E-state index is 10.1. The van der Waals surface area contributed by atoms with Gasteiger partial charge in [-0.15, -0.1) is 8.58 Å². The maximum absolute atomic E-state index is 10.1. The highest BCUT2D eigenvalue weighted by molar-refractivity contribution is 7.36. The van der Waals surface area contributed by atoms with E-state index in [0.29, 0.717) is 6.42 Å². The van der Waals surface area contributed by atoms with E-state index in [9.17, 15) is 4.79 Å². The quantitative estimate of drug-likeness (QED) is 0.451. The van der Waals surface area contributed by atoms with E-state index < -0.39 is 12.0 Å². The number of nitrogens with zero attached hydrogens (tertiary/aromatic N) is 1. The fourth-order valence-electron chi connectivity index (χ4n) is 0.723. The third-order valence-corrected chi connectivity index (χ3v) is 2.58. The molecule has 0 fully saturated rings. The Kier molecular flexibility index (Phi) is 11.3. The van der Waals surface area contributed by atoms with E-state index in [-0.39, 0.29) is 6.61 Å². The monoisotopic (exact) mass is 253 g/mol. The largest absolute Gasteiger partial charge is 0.480 e. The first-order valence-electron chi connectivity index (χ1n) is 5.29. The highest BCUT2D eigenvalue weighted by Crippen LogP contribution is 2.04. The second-order valence-corrected chi connectivity index (χ2v) is 5.78. The summed E-state index contributed by atoms with van der Waals surface area (Å²) < 4.78 is 0.844. The molecule has 0 spiro atoms. The van der Waals surface area contributed by atoms with E-state index in [0.717, 1.165) is 25.8 Å². The summed E-state index contributed by atoms with van der Waals surface area (Å²) in [4.78, 5) is 10.1. The first-order chi connectivity index (χ1) is 7.24. The van der Waals surface area contributed by atoms with Crippen LogP contribution in [0.15, 0.2) is 0 Å². The summed E-state index contributed by atoms with van der Waals surface area (Å²) in [7, 11) is 6.96. The lowest BCUT2D eigenvalue weighted by Crippen LogP contribution is -2.36. The number of hydrogen-bond donors (Lipinski definition) is 3. The van der Waals surface area contributed by atoms with Gasteiger partial charge in [-0.1, -0.05) is 0 Å². The van der Waals surface area contributed by atoms with Gasteiger partial charge in [0.1, 0.15) is 12.6 Å². The van der Waals surface area contributed by atoms with Crippen molar-refractivity contribution in [3.05, 3.63) is 0 Å². The number of likely N-dealkylation sites (N-methyl/N-ethyl adjacent to an activating group) is 1. The van der Waals surface area contributed by atoms with E-state index in [1.807, 2.05) is 6.66 Å². The van der Waals surface area contributed by atoms with Crippen molar-refractivity contribution in [3.8, 4) is 0 Å². The molecule has 0 saturated carbocycles. The number of rotatable bonds is 6. The molecule has 0 saturated heterocycles. The van der Waals surface area contributed by atoms with Crippen LogP contribution in [0, 0.1) is 0 Å². The molecular formula is C10H26N2O3P+. The van der Waals surface area contributed by atoms with Crippen molar-refractivity contribution >= 4 is 14.6 Å². The van der Waals surface area contributed by atoms with Crippen LogP contribution in [0.5, 0.6) is 0 Å². The number of aliphatic hydroxyl groups excluding tert-OH is 1. The molecule has 2 unspecified atom stereocenters. The Morgan fingerprint density at radius 1 is 1.44 bits per heavy atom. The second-order valence-electron chi connectivity index (χ2n) is 4.57. The molecular weight excluding hydrogens is 227 g/mol. The van der Waals surface area contributed by atoms with Crippen LogP contribution in [0.25, 0.3) is 0 Å². The van der Waals surface area contributed by atoms with Gasteiger partial charge in [-0.05, 0) is 19.2 Å². The lowest BCUT2D eigenvalue weighted by Gasteiger charge is -2.21. The summed E-state index contributed by atoms with van der Waals surface area (Å²) in [6.07, 6.45) is 1.53. The molecule has 0 amide bonds. The van der Waals surface area contributed by atoms with Crippen LogP contribution < -0.4 is 5.73 Å². The van der Waals surface area contributed by atoms with E-state index >= 15 is 0 Å². The first kappa shape index (κ1) is 18.2. The van der Waals surface area contributed by atoms with Gasteiger partial charge in [0.2, 0.25) is 0 Å². The van der Waals surface area contributed by atoms with Crippen molar-refractivity contribution in [1.29, 1.82) is 0 Å². The molecule has 98 valence electrons. The maximum Gasteiger partial charge on any atom is 0.320 e. The minimum absolute atomic E-state index is 0.281. The lowest BCUT2D eigenvalue weighted by molar-refractivity contribution is -0.870. The summed E-state index contributed by atoms with van der Waals surface area (Å²) in [5.41, 5.74) is 5.21. The Labute approximate surface area is 100 Å². The number of carboxylic acid groups (broad SMARTS) is 1. The number of aliphatic carboxylic acids is 1. The molecule has 0 radical (unpaired) electrons. The molecule has 5 nitrogen and oxygen atoms in total. The van der Waals surface area contributed by atoms with Crippen molar-refractivity contribution in [2.75, 3.05) is 47.1 Å². The number of aliphatic hydroxyl groups is 1. The predicted molar refractivity (Wildman–Crippen MR) is 69.3 cm³/mol. The molecule has 0 aromatic carbocycles. The zero-order valence-electron chi connectivity index (χ0n) is 10.7. The van der Waals surface area contributed by atoms with Crippen molar-refractivity contribution < 1.29 is 19.5 Å². The Hall–Kier alpha value is -0.220. The zero-order valence-corrected chi connectivity index (χ0v) is 11.7. The van der Waals surface area contributed by atoms with Gasteiger partial charge in [-0.2, -0.15) is 0 Å². The topological polar surface area (TPSA) is 83.6 Å². The summed E-state index contributed by atoms with van der Waals surface area (Å²) in [6, 6.07) is -0.655. The molecule has 16 heavy (non-hydrogen) atoms. The Morgan fingerprint density at radius 2 is 1.94 bits per heavy atom. The van der Waals surface area contributed by atoms with Crippen LogP contribution in [0.2, 0.25) is 0 Å². The summed E-state index contributed by atoms with van der Waals surface area (Å²) in [6.45, 7) is 3.15. The van der Waals surface area contributed by atoms with Gasteiger partial charge >= 0.3 is 5.97 Å². The smallest absolute Gasteiger partial charge is 0.320 e. The number of hydrogen-bond acceptors (Lipinski definition) is 3. The average Bonchev–Trinajstić information content (AvgIpc) is 2.13. The number of nitrogens with two attached hydrogens (primary N) is 1. The molecule has 0 aliphatic carbocycles. The molecule has 2 atom stereocenters. The van der Waals surface area contributed by atoms with Gasteiger partial charge in [0.05, 0.1) is 27.7 Å². The van der Waals surface area contributed by atoms with Gasteiger partial charge in [-0.3, -0.25) is 4.79 Å². The number of carbonyl (C=O) groups is 1. The molecule has 4 N–H and O–H groups in total. The van der Waals surface area contributed by atoms with Crippen molar-refractivity contribution in [1.82, 2.24) is 0 Å². The van der Waals surface area contributed by atoms with Gasteiger partial charge in [0.15, 0.2) is 0 Å².